The van der Waals surface area contributed by atoms with Crippen LogP contribution in [0.2, 0.25) is 0 Å². The average Bonchev–Trinajstić information content (AvgIpc) is 2.54. The van der Waals surface area contributed by atoms with E-state index >= 15 is 0 Å². The monoisotopic (exact) mass is 375 g/mol. The Labute approximate surface area is 157 Å². The van der Waals surface area contributed by atoms with Crippen molar-refractivity contribution in [2.45, 2.75) is 65.1 Å². The van der Waals surface area contributed by atoms with Gasteiger partial charge >= 0.3 is 11.9 Å². The third-order valence-corrected chi connectivity index (χ3v) is 3.95. The lowest BCUT2D eigenvalue weighted by Gasteiger charge is -2.19. The molecular formula is C18H37N3O5. The fourth-order valence-corrected chi connectivity index (χ4v) is 0.646. The molecule has 0 aromatic rings. The van der Waals surface area contributed by atoms with Crippen LogP contribution in [0.4, 0.5) is 0 Å². The average molecular weight is 376 g/mol. The van der Waals surface area contributed by atoms with Crippen molar-refractivity contribution in [1.82, 2.24) is 16.0 Å². The maximum Gasteiger partial charge on any atom is 0.328 e. The molecule has 0 rings (SSSR count). The summed E-state index contributed by atoms with van der Waals surface area (Å²) in [5.74, 6) is -1.58. The van der Waals surface area contributed by atoms with E-state index in [0.717, 1.165) is 6.08 Å². The minimum atomic E-state index is -0.914. The molecule has 8 heteroatoms. The first-order valence-electron chi connectivity index (χ1n) is 8.22. The van der Waals surface area contributed by atoms with E-state index in [9.17, 15) is 14.4 Å². The largest absolute Gasteiger partial charge is 0.480 e. The maximum absolute atomic E-state index is 10.6. The van der Waals surface area contributed by atoms with Crippen LogP contribution in [-0.2, 0) is 14.4 Å². The molecule has 154 valence electrons. The van der Waals surface area contributed by atoms with Crippen LogP contribution in [0.3, 0.4) is 0 Å². The summed E-state index contributed by atoms with van der Waals surface area (Å²) in [6.45, 7) is 12.3. The van der Waals surface area contributed by atoms with Crippen LogP contribution in [0.15, 0.2) is 12.2 Å². The molecule has 0 aliphatic carbocycles. The van der Waals surface area contributed by atoms with Gasteiger partial charge < -0.3 is 26.2 Å². The first kappa shape index (κ1) is 29.0. The number of carbonyl (C=O) groups is 3. The van der Waals surface area contributed by atoms with Crippen molar-refractivity contribution in [3.63, 3.8) is 0 Å². The molecule has 5 N–H and O–H groups in total. The van der Waals surface area contributed by atoms with Crippen molar-refractivity contribution >= 4 is 17.7 Å². The second kappa shape index (κ2) is 12.6. The highest BCUT2D eigenvalue weighted by molar-refractivity contribution is 5.85. The molecule has 0 aliphatic heterocycles. The number of ketones is 1. The normalized spacial score (nSPS) is 11.8. The fraction of sp³-hybridized carbons (Fsp3) is 0.722. The van der Waals surface area contributed by atoms with Crippen LogP contribution >= 0.6 is 0 Å². The standard InChI is InChI=1S/C7H13NO2.C6H13NO.C5H11NO2/c1-7(2,8-3)5-4-6(9)10;1-5(8)6(2,3)7-4;1-5(2,6-3)4(7)8/h4-5,8H,1-3H3,(H,9,10);7H,1-4H3;6H,1-3H3,(H,7,8)/b5-4+;;. The Morgan fingerprint density at radius 1 is 0.769 bits per heavy atom. The highest BCUT2D eigenvalue weighted by Gasteiger charge is 2.23. The Kier molecular flexibility index (Phi) is 14.0. The van der Waals surface area contributed by atoms with Gasteiger partial charge in [0.05, 0.1) is 5.54 Å². The predicted octanol–water partition coefficient (Wildman–Crippen LogP) is 1.27. The first-order valence-corrected chi connectivity index (χ1v) is 8.22. The Balaban J connectivity index is -0.000000308. The van der Waals surface area contributed by atoms with Crippen molar-refractivity contribution in [3.8, 4) is 0 Å². The lowest BCUT2D eigenvalue weighted by molar-refractivity contribution is -0.143. The summed E-state index contributed by atoms with van der Waals surface area (Å²) >= 11 is 0. The van der Waals surface area contributed by atoms with Gasteiger partial charge in [-0.25, -0.2) is 4.79 Å². The Morgan fingerprint density at radius 2 is 1.15 bits per heavy atom. The summed E-state index contributed by atoms with van der Waals surface area (Å²) < 4.78 is 0. The molecule has 0 atom stereocenters. The highest BCUT2D eigenvalue weighted by Crippen LogP contribution is 2.01. The van der Waals surface area contributed by atoms with E-state index in [1.165, 1.54) is 0 Å². The molecule has 0 bridgehead atoms. The molecule has 8 nitrogen and oxygen atoms in total. The molecule has 0 saturated heterocycles. The van der Waals surface area contributed by atoms with Gasteiger partial charge in [-0.1, -0.05) is 6.08 Å². The third kappa shape index (κ3) is 15.7. The minimum absolute atomic E-state index is 0.167. The highest BCUT2D eigenvalue weighted by atomic mass is 16.4. The summed E-state index contributed by atoms with van der Waals surface area (Å²) in [6.07, 6.45) is 2.74. The molecule has 0 aliphatic rings. The first-order chi connectivity index (χ1) is 11.5. The summed E-state index contributed by atoms with van der Waals surface area (Å²) in [7, 11) is 5.18. The second-order valence-corrected chi connectivity index (χ2v) is 7.25. The molecule has 0 radical (unpaired) electrons. The Bertz CT molecular complexity index is 457. The number of carboxylic acids is 2. The summed E-state index contributed by atoms with van der Waals surface area (Å²) in [4.78, 5) is 30.9. The number of likely N-dealkylation sites (N-methyl/N-ethyl adjacent to an activating group) is 3. The van der Waals surface area contributed by atoms with Gasteiger partial charge in [-0.15, -0.1) is 0 Å². The van der Waals surface area contributed by atoms with Crippen LogP contribution in [0, 0.1) is 0 Å². The zero-order valence-corrected chi connectivity index (χ0v) is 17.8. The van der Waals surface area contributed by atoms with Gasteiger partial charge in [0.1, 0.15) is 11.3 Å². The molecule has 0 fully saturated rings. The zero-order chi connectivity index (χ0) is 21.8. The fourth-order valence-electron chi connectivity index (χ4n) is 0.646. The van der Waals surface area contributed by atoms with Crippen LogP contribution in [-0.4, -0.2) is 65.7 Å². The van der Waals surface area contributed by atoms with Crippen LogP contribution in [0.25, 0.3) is 0 Å². The van der Waals surface area contributed by atoms with E-state index in [1.54, 1.807) is 48.0 Å². The number of carbonyl (C=O) groups excluding carboxylic acids is 1. The zero-order valence-electron chi connectivity index (χ0n) is 17.8. The SMILES string of the molecule is CNC(C)(C)/C=C/C(=O)O.CNC(C)(C)C(=O)O.CNC(C)(C)C(C)=O. The molecule has 26 heavy (non-hydrogen) atoms. The van der Waals surface area contributed by atoms with Crippen LogP contribution in [0.1, 0.15) is 48.5 Å². The second-order valence-electron chi connectivity index (χ2n) is 7.25. The minimum Gasteiger partial charge on any atom is -0.480 e. The van der Waals surface area contributed by atoms with Gasteiger partial charge in [-0.2, -0.15) is 0 Å². The third-order valence-electron chi connectivity index (χ3n) is 3.95. The predicted molar refractivity (Wildman–Crippen MR) is 105 cm³/mol. The van der Waals surface area contributed by atoms with E-state index in [0.29, 0.717) is 0 Å². The lowest BCUT2D eigenvalue weighted by Crippen LogP contribution is -2.44. The van der Waals surface area contributed by atoms with E-state index in [-0.39, 0.29) is 16.9 Å². The molecule has 0 heterocycles. The number of aliphatic carboxylic acids is 2. The maximum atomic E-state index is 10.6. The Hall–Kier alpha value is -1.77. The molecule has 0 saturated carbocycles. The Morgan fingerprint density at radius 3 is 1.27 bits per heavy atom. The molecule has 0 spiro atoms. The molecule has 0 unspecified atom stereocenters. The van der Waals surface area contributed by atoms with Crippen LogP contribution in [0.5, 0.6) is 0 Å². The number of rotatable bonds is 7. The van der Waals surface area contributed by atoms with E-state index in [4.69, 9.17) is 10.2 Å². The van der Waals surface area contributed by atoms with Crippen molar-refractivity contribution in [1.29, 1.82) is 0 Å². The van der Waals surface area contributed by atoms with Gasteiger partial charge in [-0.3, -0.25) is 9.59 Å². The van der Waals surface area contributed by atoms with Crippen molar-refractivity contribution in [3.05, 3.63) is 12.2 Å². The van der Waals surface area contributed by atoms with Gasteiger partial charge in [0.15, 0.2) is 0 Å². The van der Waals surface area contributed by atoms with Gasteiger partial charge in [0.2, 0.25) is 0 Å². The number of Topliss-reactive ketones (excluding diaryl/α,β-unsaturated/α-hetero) is 1. The quantitative estimate of drug-likeness (QED) is 0.421. The molecular weight excluding hydrogens is 338 g/mol. The van der Waals surface area contributed by atoms with Crippen molar-refractivity contribution in [2.24, 2.45) is 0 Å². The summed E-state index contributed by atoms with van der Waals surface area (Å²) in [5, 5.41) is 25.1. The van der Waals surface area contributed by atoms with Gasteiger partial charge in [0.25, 0.3) is 0 Å². The molecule has 0 aromatic heterocycles. The molecule has 0 amide bonds. The van der Waals surface area contributed by atoms with E-state index in [1.807, 2.05) is 27.7 Å². The number of nitrogens with one attached hydrogen (secondary N) is 3. The van der Waals surface area contributed by atoms with E-state index in [2.05, 4.69) is 16.0 Å². The van der Waals surface area contributed by atoms with Gasteiger partial charge in [-0.05, 0) is 69.6 Å². The number of hydrogen-bond acceptors (Lipinski definition) is 6. The van der Waals surface area contributed by atoms with Crippen LogP contribution < -0.4 is 16.0 Å². The van der Waals surface area contributed by atoms with Crippen molar-refractivity contribution in [2.75, 3.05) is 21.1 Å². The lowest BCUT2D eigenvalue weighted by atomic mass is 10.0. The van der Waals surface area contributed by atoms with Gasteiger partial charge in [0, 0.05) is 11.6 Å². The smallest absolute Gasteiger partial charge is 0.328 e. The van der Waals surface area contributed by atoms with Crippen molar-refractivity contribution < 1.29 is 24.6 Å². The molecule has 0 aromatic carbocycles. The number of carboxylic acid groups (broad SMARTS) is 2. The van der Waals surface area contributed by atoms with E-state index < -0.39 is 17.5 Å². The topological polar surface area (TPSA) is 128 Å². The summed E-state index contributed by atoms with van der Waals surface area (Å²) in [5.41, 5.74) is -1.38. The number of hydrogen-bond donors (Lipinski definition) is 5. The summed E-state index contributed by atoms with van der Waals surface area (Å²) in [6, 6.07) is 0.